The van der Waals surface area contributed by atoms with Gasteiger partial charge in [-0.05, 0) is 12.8 Å². The number of aryl methyl sites for hydroxylation is 1. The van der Waals surface area contributed by atoms with Crippen LogP contribution in [0.5, 0.6) is 0 Å². The van der Waals surface area contributed by atoms with E-state index in [1.54, 1.807) is 19.4 Å². The Morgan fingerprint density at radius 2 is 2.14 bits per heavy atom. The topological polar surface area (TPSA) is 46.9 Å². The molecule has 0 saturated heterocycles. The van der Waals surface area contributed by atoms with Gasteiger partial charge in [-0.15, -0.1) is 0 Å². The van der Waals surface area contributed by atoms with Crippen molar-refractivity contribution in [2.45, 2.75) is 32.7 Å². The summed E-state index contributed by atoms with van der Waals surface area (Å²) in [6.45, 7) is 4.18. The molecule has 0 unspecified atom stereocenters. The number of aromatic nitrogens is 2. The van der Waals surface area contributed by atoms with Gasteiger partial charge in [-0.3, -0.25) is 4.79 Å². The molecule has 0 saturated carbocycles. The van der Waals surface area contributed by atoms with Crippen LogP contribution >= 0.6 is 0 Å². The Balaban J connectivity index is 2.86. The van der Waals surface area contributed by atoms with Crippen LogP contribution in [0.2, 0.25) is 0 Å². The van der Waals surface area contributed by atoms with Crippen LogP contribution in [0.4, 0.5) is 5.82 Å². The van der Waals surface area contributed by atoms with E-state index in [0.717, 1.165) is 12.8 Å². The molecule has 0 fully saturated rings. The van der Waals surface area contributed by atoms with Gasteiger partial charge in [-0.25, -0.2) is 4.98 Å². The molecule has 14 heavy (non-hydrogen) atoms. The largest absolute Gasteiger partial charge is 0.363 e. The van der Waals surface area contributed by atoms with Crippen molar-refractivity contribution >= 4 is 5.82 Å². The summed E-state index contributed by atoms with van der Waals surface area (Å²) in [4.78, 5) is 15.6. The molecule has 0 aliphatic carbocycles. The smallest absolute Gasteiger partial charge is 0.293 e. The van der Waals surface area contributed by atoms with Crippen LogP contribution in [0.3, 0.4) is 0 Å². The standard InChI is InChI=1S/C10H17N3O/c1-4-8(5-2)12-9-10(14)13(3)7-6-11-9/h6-8H,4-5H2,1-3H3,(H,11,12). The molecule has 4 heteroatoms. The van der Waals surface area contributed by atoms with Crippen molar-refractivity contribution in [3.8, 4) is 0 Å². The molecule has 1 rings (SSSR count). The third kappa shape index (κ3) is 2.34. The number of hydrogen-bond donors (Lipinski definition) is 1. The van der Waals surface area contributed by atoms with Crippen molar-refractivity contribution in [1.29, 1.82) is 0 Å². The zero-order chi connectivity index (χ0) is 10.6. The summed E-state index contributed by atoms with van der Waals surface area (Å²) in [6, 6.07) is 0.331. The molecular weight excluding hydrogens is 178 g/mol. The van der Waals surface area contributed by atoms with Gasteiger partial charge in [0, 0.05) is 25.5 Å². The van der Waals surface area contributed by atoms with Crippen molar-refractivity contribution in [2.75, 3.05) is 5.32 Å². The van der Waals surface area contributed by atoms with Crippen molar-refractivity contribution in [2.24, 2.45) is 7.05 Å². The van der Waals surface area contributed by atoms with Gasteiger partial charge in [0.2, 0.25) is 0 Å². The molecular formula is C10H17N3O. The summed E-state index contributed by atoms with van der Waals surface area (Å²) < 4.78 is 1.53. The molecule has 1 N–H and O–H groups in total. The monoisotopic (exact) mass is 195 g/mol. The zero-order valence-electron chi connectivity index (χ0n) is 8.95. The molecule has 0 amide bonds. The van der Waals surface area contributed by atoms with E-state index in [1.807, 2.05) is 0 Å². The molecule has 0 radical (unpaired) electrons. The Bertz CT molecular complexity index is 341. The molecule has 1 heterocycles. The second-order valence-corrected chi connectivity index (χ2v) is 3.35. The Kier molecular flexibility index (Phi) is 3.68. The van der Waals surface area contributed by atoms with E-state index in [4.69, 9.17) is 0 Å². The van der Waals surface area contributed by atoms with Crippen LogP contribution in [0.15, 0.2) is 17.2 Å². The molecule has 1 aromatic rings. The minimum absolute atomic E-state index is 0.0700. The molecule has 0 aliphatic rings. The van der Waals surface area contributed by atoms with Crippen LogP contribution in [-0.4, -0.2) is 15.6 Å². The Morgan fingerprint density at radius 3 is 2.71 bits per heavy atom. The summed E-state index contributed by atoms with van der Waals surface area (Å²) in [5, 5.41) is 3.14. The first-order valence-corrected chi connectivity index (χ1v) is 4.97. The van der Waals surface area contributed by atoms with E-state index in [0.29, 0.717) is 11.9 Å². The van der Waals surface area contributed by atoms with Crippen molar-refractivity contribution < 1.29 is 0 Å². The normalized spacial score (nSPS) is 10.6. The molecule has 0 aliphatic heterocycles. The Morgan fingerprint density at radius 1 is 1.50 bits per heavy atom. The van der Waals surface area contributed by atoms with Gasteiger partial charge in [0.1, 0.15) is 0 Å². The molecule has 0 atom stereocenters. The maximum atomic E-state index is 11.6. The van der Waals surface area contributed by atoms with Gasteiger partial charge in [0.05, 0.1) is 0 Å². The number of nitrogens with zero attached hydrogens (tertiary/aromatic N) is 2. The van der Waals surface area contributed by atoms with E-state index in [1.165, 1.54) is 4.57 Å². The molecule has 4 nitrogen and oxygen atoms in total. The first kappa shape index (κ1) is 10.8. The molecule has 0 aromatic carbocycles. The van der Waals surface area contributed by atoms with Gasteiger partial charge in [-0.1, -0.05) is 13.8 Å². The van der Waals surface area contributed by atoms with Gasteiger partial charge < -0.3 is 9.88 Å². The minimum Gasteiger partial charge on any atom is -0.363 e. The summed E-state index contributed by atoms with van der Waals surface area (Å²) in [5.74, 6) is 0.448. The lowest BCUT2D eigenvalue weighted by molar-refractivity contribution is 0.664. The third-order valence-corrected chi connectivity index (χ3v) is 2.34. The van der Waals surface area contributed by atoms with Crippen LogP contribution in [0.1, 0.15) is 26.7 Å². The maximum absolute atomic E-state index is 11.6. The average Bonchev–Trinajstić information content (AvgIpc) is 2.20. The zero-order valence-corrected chi connectivity index (χ0v) is 8.95. The minimum atomic E-state index is -0.0700. The first-order valence-electron chi connectivity index (χ1n) is 4.97. The van der Waals surface area contributed by atoms with Gasteiger partial charge in [0.25, 0.3) is 5.56 Å². The lowest BCUT2D eigenvalue weighted by Crippen LogP contribution is -2.27. The van der Waals surface area contributed by atoms with Crippen molar-refractivity contribution in [1.82, 2.24) is 9.55 Å². The predicted molar refractivity (Wildman–Crippen MR) is 57.5 cm³/mol. The van der Waals surface area contributed by atoms with Gasteiger partial charge >= 0.3 is 0 Å². The third-order valence-electron chi connectivity index (χ3n) is 2.34. The number of anilines is 1. The molecule has 0 spiro atoms. The summed E-state index contributed by atoms with van der Waals surface area (Å²) in [5.41, 5.74) is -0.0700. The van der Waals surface area contributed by atoms with Crippen LogP contribution in [0, 0.1) is 0 Å². The second kappa shape index (κ2) is 4.79. The summed E-state index contributed by atoms with van der Waals surface area (Å²) in [7, 11) is 1.72. The fourth-order valence-electron chi connectivity index (χ4n) is 1.28. The van der Waals surface area contributed by atoms with Crippen molar-refractivity contribution in [3.63, 3.8) is 0 Å². The summed E-state index contributed by atoms with van der Waals surface area (Å²) >= 11 is 0. The second-order valence-electron chi connectivity index (χ2n) is 3.35. The van der Waals surface area contributed by atoms with Gasteiger partial charge in [0.15, 0.2) is 5.82 Å². The highest BCUT2D eigenvalue weighted by atomic mass is 16.1. The fourth-order valence-corrected chi connectivity index (χ4v) is 1.28. The maximum Gasteiger partial charge on any atom is 0.293 e. The molecule has 1 aromatic heterocycles. The quantitative estimate of drug-likeness (QED) is 0.789. The van der Waals surface area contributed by atoms with E-state index < -0.39 is 0 Å². The fraction of sp³-hybridized carbons (Fsp3) is 0.600. The lowest BCUT2D eigenvalue weighted by Gasteiger charge is -2.14. The number of rotatable bonds is 4. The van der Waals surface area contributed by atoms with E-state index in [2.05, 4.69) is 24.1 Å². The first-order chi connectivity index (χ1) is 6.69. The predicted octanol–water partition coefficient (Wildman–Crippen LogP) is 1.38. The van der Waals surface area contributed by atoms with E-state index in [-0.39, 0.29) is 5.56 Å². The van der Waals surface area contributed by atoms with Crippen molar-refractivity contribution in [3.05, 3.63) is 22.7 Å². The van der Waals surface area contributed by atoms with E-state index in [9.17, 15) is 4.79 Å². The van der Waals surface area contributed by atoms with Crippen LogP contribution < -0.4 is 10.9 Å². The van der Waals surface area contributed by atoms with Gasteiger partial charge in [-0.2, -0.15) is 0 Å². The van der Waals surface area contributed by atoms with Crippen LogP contribution in [0.25, 0.3) is 0 Å². The Hall–Kier alpha value is -1.32. The number of hydrogen-bond acceptors (Lipinski definition) is 3. The average molecular weight is 195 g/mol. The number of nitrogens with one attached hydrogen (secondary N) is 1. The van der Waals surface area contributed by atoms with Crippen LogP contribution in [-0.2, 0) is 7.05 Å². The summed E-state index contributed by atoms with van der Waals surface area (Å²) in [6.07, 6.45) is 5.28. The highest BCUT2D eigenvalue weighted by Crippen LogP contribution is 2.03. The Labute approximate surface area is 84.0 Å². The van der Waals surface area contributed by atoms with E-state index >= 15 is 0 Å². The molecule has 0 bridgehead atoms. The SMILES string of the molecule is CCC(CC)Nc1nccn(C)c1=O. The molecule has 78 valence electrons. The highest BCUT2D eigenvalue weighted by Gasteiger charge is 2.07. The highest BCUT2D eigenvalue weighted by molar-refractivity contribution is 5.31. The lowest BCUT2D eigenvalue weighted by atomic mass is 10.2.